The zero-order chi connectivity index (χ0) is 14.2. The zero-order valence-electron chi connectivity index (χ0n) is 11.8. The molecule has 1 unspecified atom stereocenters. The summed E-state index contributed by atoms with van der Waals surface area (Å²) in [6.07, 6.45) is 3.61. The topological polar surface area (TPSA) is 67.2 Å². The van der Waals surface area contributed by atoms with Gasteiger partial charge in [-0.05, 0) is 27.7 Å². The molecular weight excluding hydrogens is 244 g/mol. The number of hydrogen-bond donors (Lipinski definition) is 1. The number of aromatic nitrogens is 2. The van der Waals surface area contributed by atoms with Gasteiger partial charge in [-0.2, -0.15) is 0 Å². The Kier molecular flexibility index (Phi) is 3.34. The minimum atomic E-state index is -0.807. The molecule has 104 valence electrons. The Morgan fingerprint density at radius 3 is 2.63 bits per heavy atom. The molecule has 19 heavy (non-hydrogen) atoms. The second-order valence-corrected chi connectivity index (χ2v) is 5.41. The van der Waals surface area contributed by atoms with E-state index in [4.69, 9.17) is 0 Å². The largest absolute Gasteiger partial charge is 0.343 e. The number of amides is 2. The Morgan fingerprint density at radius 1 is 1.37 bits per heavy atom. The average Bonchev–Trinajstić information content (AvgIpc) is 2.73. The summed E-state index contributed by atoms with van der Waals surface area (Å²) in [5.41, 5.74) is -0.807. The molecule has 0 spiro atoms. The highest BCUT2D eigenvalue weighted by Gasteiger charge is 2.44. The molecule has 1 N–H and O–H groups in total. The van der Waals surface area contributed by atoms with Crippen molar-refractivity contribution in [2.24, 2.45) is 0 Å². The Balaban J connectivity index is 2.14. The number of carbonyl (C=O) groups is 2. The monoisotopic (exact) mass is 264 g/mol. The lowest BCUT2D eigenvalue weighted by atomic mass is 9.96. The van der Waals surface area contributed by atoms with Gasteiger partial charge >= 0.3 is 0 Å². The Bertz CT molecular complexity index is 506. The van der Waals surface area contributed by atoms with Crippen LogP contribution in [0.15, 0.2) is 12.4 Å². The van der Waals surface area contributed by atoms with E-state index >= 15 is 0 Å². The van der Waals surface area contributed by atoms with Gasteiger partial charge in [0.25, 0.3) is 0 Å². The standard InChI is InChI=1S/C13H20N4O2/c1-9-11(18)17(13(3,4)12(19)15-9)8-7-16-6-5-14-10(16)2/h5-6,9H,7-8H2,1-4H3,(H,15,19). The molecule has 2 amide bonds. The maximum Gasteiger partial charge on any atom is 0.246 e. The average molecular weight is 264 g/mol. The second-order valence-electron chi connectivity index (χ2n) is 5.41. The third kappa shape index (κ3) is 2.34. The molecule has 1 saturated heterocycles. The Morgan fingerprint density at radius 2 is 2.05 bits per heavy atom. The second kappa shape index (κ2) is 4.68. The lowest BCUT2D eigenvalue weighted by Crippen LogP contribution is -2.68. The molecule has 1 aromatic rings. The molecule has 1 aliphatic heterocycles. The van der Waals surface area contributed by atoms with Gasteiger partial charge in [0, 0.05) is 25.5 Å². The van der Waals surface area contributed by atoms with Gasteiger partial charge < -0.3 is 14.8 Å². The highest BCUT2D eigenvalue weighted by Crippen LogP contribution is 2.20. The molecule has 1 aliphatic rings. The predicted octanol–water partition coefficient (Wildman–Crippen LogP) is 0.317. The SMILES string of the molecule is Cc1nccn1CCN1C(=O)C(C)NC(=O)C1(C)C. The first-order valence-corrected chi connectivity index (χ1v) is 6.44. The van der Waals surface area contributed by atoms with Gasteiger partial charge in [-0.15, -0.1) is 0 Å². The summed E-state index contributed by atoms with van der Waals surface area (Å²) < 4.78 is 1.97. The zero-order valence-corrected chi connectivity index (χ0v) is 11.8. The summed E-state index contributed by atoms with van der Waals surface area (Å²) in [4.78, 5) is 30.0. The highest BCUT2D eigenvalue weighted by molar-refractivity contribution is 5.99. The predicted molar refractivity (Wildman–Crippen MR) is 70.4 cm³/mol. The van der Waals surface area contributed by atoms with Gasteiger partial charge in [-0.25, -0.2) is 4.98 Å². The van der Waals surface area contributed by atoms with Crippen molar-refractivity contribution < 1.29 is 9.59 Å². The van der Waals surface area contributed by atoms with Crippen molar-refractivity contribution in [2.45, 2.75) is 45.8 Å². The lowest BCUT2D eigenvalue weighted by molar-refractivity contribution is -0.154. The van der Waals surface area contributed by atoms with Crippen LogP contribution in [-0.4, -0.2) is 44.4 Å². The molecule has 6 nitrogen and oxygen atoms in total. The van der Waals surface area contributed by atoms with Gasteiger partial charge in [0.05, 0.1) is 0 Å². The lowest BCUT2D eigenvalue weighted by Gasteiger charge is -2.43. The van der Waals surface area contributed by atoms with E-state index in [-0.39, 0.29) is 11.8 Å². The fourth-order valence-corrected chi connectivity index (χ4v) is 2.30. The van der Waals surface area contributed by atoms with Crippen LogP contribution >= 0.6 is 0 Å². The summed E-state index contributed by atoms with van der Waals surface area (Å²) >= 11 is 0. The van der Waals surface area contributed by atoms with Crippen molar-refractivity contribution in [2.75, 3.05) is 6.54 Å². The minimum absolute atomic E-state index is 0.0395. The smallest absolute Gasteiger partial charge is 0.246 e. The number of rotatable bonds is 3. The molecule has 0 aliphatic carbocycles. The number of nitrogens with one attached hydrogen (secondary N) is 1. The van der Waals surface area contributed by atoms with Crippen LogP contribution in [0.1, 0.15) is 26.6 Å². The van der Waals surface area contributed by atoms with E-state index in [1.54, 1.807) is 31.9 Å². The summed E-state index contributed by atoms with van der Waals surface area (Å²) in [6, 6.07) is -0.454. The molecule has 1 aromatic heterocycles. The van der Waals surface area contributed by atoms with Crippen molar-refractivity contribution in [1.82, 2.24) is 19.8 Å². The maximum absolute atomic E-state index is 12.2. The fourth-order valence-electron chi connectivity index (χ4n) is 2.30. The van der Waals surface area contributed by atoms with Crippen LogP contribution < -0.4 is 5.32 Å². The van der Waals surface area contributed by atoms with Crippen LogP contribution in [0, 0.1) is 6.92 Å². The summed E-state index contributed by atoms with van der Waals surface area (Å²) in [5, 5.41) is 2.70. The number of hydrogen-bond acceptors (Lipinski definition) is 3. The summed E-state index contributed by atoms with van der Waals surface area (Å²) in [7, 11) is 0. The van der Waals surface area contributed by atoms with E-state index in [0.717, 1.165) is 5.82 Å². The van der Waals surface area contributed by atoms with Gasteiger partial charge in [-0.3, -0.25) is 9.59 Å². The van der Waals surface area contributed by atoms with Crippen LogP contribution in [-0.2, 0) is 16.1 Å². The van der Waals surface area contributed by atoms with E-state index in [9.17, 15) is 9.59 Å². The number of imidazole rings is 1. The Hall–Kier alpha value is -1.85. The van der Waals surface area contributed by atoms with E-state index < -0.39 is 11.6 Å². The normalized spacial score (nSPS) is 22.5. The quantitative estimate of drug-likeness (QED) is 0.854. The van der Waals surface area contributed by atoms with Gasteiger partial charge in [0.15, 0.2) is 0 Å². The highest BCUT2D eigenvalue weighted by atomic mass is 16.2. The van der Waals surface area contributed by atoms with Crippen molar-refractivity contribution in [3.8, 4) is 0 Å². The van der Waals surface area contributed by atoms with E-state index in [2.05, 4.69) is 10.3 Å². The number of nitrogens with zero attached hydrogens (tertiary/aromatic N) is 3. The van der Waals surface area contributed by atoms with E-state index in [1.165, 1.54) is 0 Å². The van der Waals surface area contributed by atoms with Crippen molar-refractivity contribution in [3.63, 3.8) is 0 Å². The summed E-state index contributed by atoms with van der Waals surface area (Å²) in [5.74, 6) is 0.754. The van der Waals surface area contributed by atoms with Crippen molar-refractivity contribution in [3.05, 3.63) is 18.2 Å². The van der Waals surface area contributed by atoms with E-state index in [1.807, 2.05) is 17.7 Å². The molecule has 1 atom stereocenters. The number of carbonyl (C=O) groups excluding carboxylic acids is 2. The molecule has 6 heteroatoms. The minimum Gasteiger partial charge on any atom is -0.343 e. The van der Waals surface area contributed by atoms with Crippen LogP contribution in [0.25, 0.3) is 0 Å². The number of aryl methyl sites for hydroxylation is 1. The van der Waals surface area contributed by atoms with Crippen molar-refractivity contribution >= 4 is 11.8 Å². The number of piperazine rings is 1. The third-order valence-electron chi connectivity index (χ3n) is 3.70. The molecule has 0 radical (unpaired) electrons. The van der Waals surface area contributed by atoms with Crippen LogP contribution in [0.2, 0.25) is 0 Å². The van der Waals surface area contributed by atoms with Crippen molar-refractivity contribution in [1.29, 1.82) is 0 Å². The maximum atomic E-state index is 12.2. The molecular formula is C13H20N4O2. The van der Waals surface area contributed by atoms with Gasteiger partial charge in [0.2, 0.25) is 11.8 Å². The van der Waals surface area contributed by atoms with E-state index in [0.29, 0.717) is 13.1 Å². The molecule has 1 fully saturated rings. The summed E-state index contributed by atoms with van der Waals surface area (Å²) in [6.45, 7) is 8.31. The van der Waals surface area contributed by atoms with Crippen LogP contribution in [0.3, 0.4) is 0 Å². The molecule has 2 rings (SSSR count). The molecule has 2 heterocycles. The van der Waals surface area contributed by atoms with Gasteiger partial charge in [0.1, 0.15) is 17.4 Å². The first-order chi connectivity index (χ1) is 8.84. The van der Waals surface area contributed by atoms with Gasteiger partial charge in [-0.1, -0.05) is 0 Å². The fraction of sp³-hybridized carbons (Fsp3) is 0.615. The molecule has 0 saturated carbocycles. The van der Waals surface area contributed by atoms with Crippen LogP contribution in [0.4, 0.5) is 0 Å². The Labute approximate surface area is 112 Å². The first-order valence-electron chi connectivity index (χ1n) is 6.44. The third-order valence-corrected chi connectivity index (χ3v) is 3.70. The molecule has 0 aromatic carbocycles. The van der Waals surface area contributed by atoms with Crippen LogP contribution in [0.5, 0.6) is 0 Å². The molecule has 0 bridgehead atoms. The first kappa shape index (κ1) is 13.6.